The fraction of sp³-hybridized carbons (Fsp3) is 0.316. The van der Waals surface area contributed by atoms with E-state index in [0.717, 1.165) is 29.1 Å². The number of hydrogen-bond acceptors (Lipinski definition) is 4. The van der Waals surface area contributed by atoms with Crippen LogP contribution in [0.5, 0.6) is 11.5 Å². The van der Waals surface area contributed by atoms with Crippen molar-refractivity contribution in [2.24, 2.45) is 0 Å². The highest BCUT2D eigenvalue weighted by atomic mass is 32.2. The molecule has 0 radical (unpaired) electrons. The molecule has 2 aromatic rings. The molecule has 0 saturated heterocycles. The quantitative estimate of drug-likeness (QED) is 0.779. The monoisotopic (exact) mass is 343 g/mol. The third kappa shape index (κ3) is 4.45. The van der Waals surface area contributed by atoms with Crippen molar-refractivity contribution in [1.82, 2.24) is 4.90 Å². The molecule has 1 saturated carbocycles. The highest BCUT2D eigenvalue weighted by Gasteiger charge is 2.32. The third-order valence-electron chi connectivity index (χ3n) is 4.00. The lowest BCUT2D eigenvalue weighted by Crippen LogP contribution is -2.33. The summed E-state index contributed by atoms with van der Waals surface area (Å²) in [5, 5.41) is 9.38. The zero-order valence-electron chi connectivity index (χ0n) is 13.6. The van der Waals surface area contributed by atoms with Crippen molar-refractivity contribution in [2.45, 2.75) is 30.3 Å². The number of methoxy groups -OCH3 is 1. The van der Waals surface area contributed by atoms with Gasteiger partial charge in [0.25, 0.3) is 0 Å². The van der Waals surface area contributed by atoms with Crippen LogP contribution in [0.1, 0.15) is 18.4 Å². The molecule has 24 heavy (non-hydrogen) atoms. The Morgan fingerprint density at radius 2 is 2.00 bits per heavy atom. The smallest absolute Gasteiger partial charge is 0.233 e. The summed E-state index contributed by atoms with van der Waals surface area (Å²) in [6, 6.07) is 15.2. The van der Waals surface area contributed by atoms with Gasteiger partial charge in [0, 0.05) is 17.5 Å². The van der Waals surface area contributed by atoms with E-state index in [-0.39, 0.29) is 11.7 Å². The standard InChI is InChI=1S/C19H21NO3S/c1-23-17-3-2-4-18(11-17)24-13-19(22)20(15-7-8-15)12-14-5-9-16(21)10-6-14/h2-6,9-11,15,21H,7-8,12-13H2,1H3. The predicted octanol–water partition coefficient (Wildman–Crippen LogP) is 3.68. The van der Waals surface area contributed by atoms with Crippen LogP contribution in [0.3, 0.4) is 0 Å². The van der Waals surface area contributed by atoms with E-state index in [0.29, 0.717) is 18.3 Å². The summed E-state index contributed by atoms with van der Waals surface area (Å²) in [7, 11) is 1.64. The normalized spacial score (nSPS) is 13.5. The number of amides is 1. The molecule has 1 N–H and O–H groups in total. The fourth-order valence-corrected chi connectivity index (χ4v) is 3.35. The van der Waals surface area contributed by atoms with Crippen LogP contribution in [0.2, 0.25) is 0 Å². The number of hydrogen-bond donors (Lipinski definition) is 1. The predicted molar refractivity (Wildman–Crippen MR) is 95.4 cm³/mol. The van der Waals surface area contributed by atoms with Gasteiger partial charge in [0.1, 0.15) is 11.5 Å². The number of thioether (sulfide) groups is 1. The Bertz CT molecular complexity index is 698. The van der Waals surface area contributed by atoms with Gasteiger partial charge >= 0.3 is 0 Å². The second-order valence-corrected chi connectivity index (χ2v) is 6.94. The number of carbonyl (C=O) groups is 1. The van der Waals surface area contributed by atoms with Crippen LogP contribution in [-0.4, -0.2) is 34.8 Å². The van der Waals surface area contributed by atoms with Gasteiger partial charge in [-0.25, -0.2) is 0 Å². The van der Waals surface area contributed by atoms with E-state index in [4.69, 9.17) is 4.74 Å². The van der Waals surface area contributed by atoms with Gasteiger partial charge in [0.15, 0.2) is 0 Å². The average molecular weight is 343 g/mol. The SMILES string of the molecule is COc1cccc(SCC(=O)N(Cc2ccc(O)cc2)C2CC2)c1. The Balaban J connectivity index is 1.61. The molecule has 2 aromatic carbocycles. The molecule has 1 aliphatic rings. The molecule has 1 amide bonds. The summed E-state index contributed by atoms with van der Waals surface area (Å²) >= 11 is 1.53. The molecule has 1 fully saturated rings. The summed E-state index contributed by atoms with van der Waals surface area (Å²) in [6.45, 7) is 0.600. The van der Waals surface area contributed by atoms with E-state index in [1.54, 1.807) is 19.2 Å². The number of nitrogens with zero attached hydrogens (tertiary/aromatic N) is 1. The van der Waals surface area contributed by atoms with Gasteiger partial charge in [0.05, 0.1) is 12.9 Å². The summed E-state index contributed by atoms with van der Waals surface area (Å²) in [5.74, 6) is 1.62. The van der Waals surface area contributed by atoms with Crippen molar-refractivity contribution >= 4 is 17.7 Å². The molecule has 3 rings (SSSR count). The van der Waals surface area contributed by atoms with Crippen molar-refractivity contribution in [3.63, 3.8) is 0 Å². The van der Waals surface area contributed by atoms with Crippen LogP contribution in [0, 0.1) is 0 Å². The molecule has 4 nitrogen and oxygen atoms in total. The number of carbonyl (C=O) groups excluding carboxylic acids is 1. The van der Waals surface area contributed by atoms with Crippen molar-refractivity contribution in [3.05, 3.63) is 54.1 Å². The summed E-state index contributed by atoms with van der Waals surface area (Å²) < 4.78 is 5.22. The van der Waals surface area contributed by atoms with Crippen LogP contribution in [0.15, 0.2) is 53.4 Å². The van der Waals surface area contributed by atoms with Crippen molar-refractivity contribution < 1.29 is 14.6 Å². The maximum atomic E-state index is 12.6. The number of phenolic OH excluding ortho intramolecular Hbond substituents is 1. The minimum absolute atomic E-state index is 0.151. The van der Waals surface area contributed by atoms with Gasteiger partial charge in [0.2, 0.25) is 5.91 Å². The summed E-state index contributed by atoms with van der Waals surface area (Å²) in [5.41, 5.74) is 1.04. The van der Waals surface area contributed by atoms with Gasteiger partial charge in [-0.15, -0.1) is 11.8 Å². The number of ether oxygens (including phenoxy) is 1. The van der Waals surface area contributed by atoms with E-state index >= 15 is 0 Å². The Labute approximate surface area is 146 Å². The summed E-state index contributed by atoms with van der Waals surface area (Å²) in [6.07, 6.45) is 2.15. The molecular weight excluding hydrogens is 322 g/mol. The number of phenols is 1. The van der Waals surface area contributed by atoms with Crippen LogP contribution >= 0.6 is 11.8 Å². The topological polar surface area (TPSA) is 49.8 Å². The molecular formula is C19H21NO3S. The lowest BCUT2D eigenvalue weighted by atomic mass is 10.2. The zero-order valence-corrected chi connectivity index (χ0v) is 14.5. The van der Waals surface area contributed by atoms with Crippen LogP contribution < -0.4 is 4.74 Å². The average Bonchev–Trinajstić information content (AvgIpc) is 3.44. The number of benzene rings is 2. The number of aromatic hydroxyl groups is 1. The first-order valence-corrected chi connectivity index (χ1v) is 8.98. The van der Waals surface area contributed by atoms with Crippen LogP contribution in [0.4, 0.5) is 0 Å². The molecule has 126 valence electrons. The van der Waals surface area contributed by atoms with E-state index in [2.05, 4.69) is 0 Å². The first-order valence-electron chi connectivity index (χ1n) is 8.00. The Kier molecular flexibility index (Phi) is 5.30. The molecule has 0 aliphatic heterocycles. The lowest BCUT2D eigenvalue weighted by molar-refractivity contribution is -0.129. The zero-order chi connectivity index (χ0) is 16.9. The van der Waals surface area contributed by atoms with Gasteiger partial charge in [-0.05, 0) is 48.7 Å². The lowest BCUT2D eigenvalue weighted by Gasteiger charge is -2.22. The Morgan fingerprint density at radius 3 is 2.67 bits per heavy atom. The minimum atomic E-state index is 0.151. The first-order chi connectivity index (χ1) is 11.7. The largest absolute Gasteiger partial charge is 0.508 e. The highest BCUT2D eigenvalue weighted by Crippen LogP contribution is 2.30. The van der Waals surface area contributed by atoms with Crippen LogP contribution in [-0.2, 0) is 11.3 Å². The van der Waals surface area contributed by atoms with E-state index < -0.39 is 0 Å². The molecule has 0 spiro atoms. The molecule has 1 aliphatic carbocycles. The maximum absolute atomic E-state index is 12.6. The molecule has 0 bridgehead atoms. The van der Waals surface area contributed by atoms with Crippen molar-refractivity contribution in [2.75, 3.05) is 12.9 Å². The van der Waals surface area contributed by atoms with Crippen molar-refractivity contribution in [1.29, 1.82) is 0 Å². The van der Waals surface area contributed by atoms with E-state index in [1.165, 1.54) is 11.8 Å². The van der Waals surface area contributed by atoms with Gasteiger partial charge in [-0.3, -0.25) is 4.79 Å². The van der Waals surface area contributed by atoms with Crippen molar-refractivity contribution in [3.8, 4) is 11.5 Å². The fourth-order valence-electron chi connectivity index (χ4n) is 2.52. The number of rotatable bonds is 7. The Hall–Kier alpha value is -2.14. The maximum Gasteiger partial charge on any atom is 0.233 e. The Morgan fingerprint density at radius 1 is 1.25 bits per heavy atom. The molecule has 0 heterocycles. The molecule has 0 atom stereocenters. The van der Waals surface area contributed by atoms with Gasteiger partial charge < -0.3 is 14.7 Å². The second kappa shape index (κ2) is 7.62. The third-order valence-corrected chi connectivity index (χ3v) is 4.98. The molecule has 0 unspecified atom stereocenters. The summed E-state index contributed by atoms with van der Waals surface area (Å²) in [4.78, 5) is 15.6. The minimum Gasteiger partial charge on any atom is -0.508 e. The van der Waals surface area contributed by atoms with Gasteiger partial charge in [-0.2, -0.15) is 0 Å². The highest BCUT2D eigenvalue weighted by molar-refractivity contribution is 8.00. The second-order valence-electron chi connectivity index (χ2n) is 5.89. The molecule has 5 heteroatoms. The molecule has 0 aromatic heterocycles. The first kappa shape index (κ1) is 16.7. The van der Waals surface area contributed by atoms with Gasteiger partial charge in [-0.1, -0.05) is 18.2 Å². The van der Waals surface area contributed by atoms with Crippen LogP contribution in [0.25, 0.3) is 0 Å². The van der Waals surface area contributed by atoms with E-state index in [9.17, 15) is 9.90 Å². The van der Waals surface area contributed by atoms with E-state index in [1.807, 2.05) is 41.3 Å².